The molecule has 4 nitrogen and oxygen atoms in total. The molecule has 1 aromatic carbocycles. The molecular weight excluding hydrogens is 272 g/mol. The van der Waals surface area contributed by atoms with Gasteiger partial charge in [-0.15, -0.1) is 0 Å². The lowest BCUT2D eigenvalue weighted by Crippen LogP contribution is -2.52. The number of hydrogen-bond acceptors (Lipinski definition) is 3. The first-order chi connectivity index (χ1) is 9.63. The van der Waals surface area contributed by atoms with Gasteiger partial charge in [-0.3, -0.25) is 4.79 Å². The van der Waals surface area contributed by atoms with Crippen LogP contribution < -0.4 is 5.73 Å². The van der Waals surface area contributed by atoms with E-state index in [0.29, 0.717) is 44.1 Å². The fourth-order valence-corrected chi connectivity index (χ4v) is 3.36. The normalized spacial score (nSPS) is 20.5. The average molecular weight is 290 g/mol. The minimum Gasteiger partial charge on any atom is -0.392 e. The van der Waals surface area contributed by atoms with Gasteiger partial charge in [-0.25, -0.2) is 0 Å². The maximum absolute atomic E-state index is 12.9. The molecule has 2 heterocycles. The molecule has 106 valence electrons. The van der Waals surface area contributed by atoms with E-state index in [4.69, 9.17) is 22.7 Å². The van der Waals surface area contributed by atoms with Crippen molar-refractivity contribution in [3.05, 3.63) is 35.4 Å². The summed E-state index contributed by atoms with van der Waals surface area (Å²) in [6.07, 6.45) is 1.18. The number of hydrogen-bond donors (Lipinski definition) is 1. The van der Waals surface area contributed by atoms with E-state index in [1.54, 1.807) is 0 Å². The van der Waals surface area contributed by atoms with Gasteiger partial charge in [0.25, 0.3) is 0 Å². The Morgan fingerprint density at radius 1 is 1.20 bits per heavy atom. The van der Waals surface area contributed by atoms with Gasteiger partial charge < -0.3 is 15.4 Å². The molecule has 0 saturated carbocycles. The van der Waals surface area contributed by atoms with E-state index in [2.05, 4.69) is 12.1 Å². The number of benzene rings is 1. The van der Waals surface area contributed by atoms with Crippen molar-refractivity contribution in [3.8, 4) is 0 Å². The number of nitrogens with zero attached hydrogens (tertiary/aromatic N) is 1. The van der Waals surface area contributed by atoms with Crippen LogP contribution in [0.2, 0.25) is 0 Å². The van der Waals surface area contributed by atoms with Gasteiger partial charge in [-0.1, -0.05) is 36.5 Å². The van der Waals surface area contributed by atoms with Crippen LogP contribution in [-0.2, 0) is 22.6 Å². The van der Waals surface area contributed by atoms with E-state index in [0.717, 1.165) is 0 Å². The zero-order valence-corrected chi connectivity index (χ0v) is 12.1. The maximum atomic E-state index is 12.9. The molecule has 0 aromatic heterocycles. The Bertz CT molecular complexity index is 528. The van der Waals surface area contributed by atoms with Crippen molar-refractivity contribution in [3.63, 3.8) is 0 Å². The number of fused-ring (bicyclic) bond motifs is 1. The molecular formula is C15H18N2O2S. The highest BCUT2D eigenvalue weighted by Crippen LogP contribution is 2.36. The Balaban J connectivity index is 1.84. The van der Waals surface area contributed by atoms with Gasteiger partial charge in [0.2, 0.25) is 5.91 Å². The summed E-state index contributed by atoms with van der Waals surface area (Å²) >= 11 is 5.20. The maximum Gasteiger partial charge on any atom is 0.236 e. The number of ether oxygens (including phenoxy) is 1. The Morgan fingerprint density at radius 2 is 1.75 bits per heavy atom. The monoisotopic (exact) mass is 290 g/mol. The third-order valence-corrected chi connectivity index (χ3v) is 4.75. The predicted molar refractivity (Wildman–Crippen MR) is 80.0 cm³/mol. The molecule has 0 bridgehead atoms. The van der Waals surface area contributed by atoms with Crippen LogP contribution in [0, 0.1) is 5.41 Å². The molecule has 2 N–H and O–H groups in total. The molecule has 0 spiro atoms. The van der Waals surface area contributed by atoms with Gasteiger partial charge in [-0.2, -0.15) is 0 Å². The van der Waals surface area contributed by atoms with E-state index in [1.807, 2.05) is 17.0 Å². The topological polar surface area (TPSA) is 55.6 Å². The zero-order chi connectivity index (χ0) is 14.2. The highest BCUT2D eigenvalue weighted by Gasteiger charge is 2.46. The molecule has 2 aliphatic rings. The zero-order valence-electron chi connectivity index (χ0n) is 11.3. The van der Waals surface area contributed by atoms with Crippen molar-refractivity contribution in [1.82, 2.24) is 4.90 Å². The second-order valence-electron chi connectivity index (χ2n) is 5.49. The second kappa shape index (κ2) is 5.14. The molecule has 1 aromatic rings. The highest BCUT2D eigenvalue weighted by atomic mass is 32.1. The molecule has 1 saturated heterocycles. The minimum atomic E-state index is -0.713. The van der Waals surface area contributed by atoms with Crippen LogP contribution in [-0.4, -0.2) is 29.0 Å². The van der Waals surface area contributed by atoms with Crippen molar-refractivity contribution in [2.45, 2.75) is 25.9 Å². The lowest BCUT2D eigenvalue weighted by Gasteiger charge is -2.37. The number of nitrogens with two attached hydrogens (primary N) is 1. The third kappa shape index (κ3) is 2.11. The van der Waals surface area contributed by atoms with E-state index in [-0.39, 0.29) is 5.91 Å². The summed E-state index contributed by atoms with van der Waals surface area (Å²) < 4.78 is 5.36. The first-order valence-corrected chi connectivity index (χ1v) is 7.28. The number of amides is 1. The lowest BCUT2D eigenvalue weighted by atomic mass is 9.78. The van der Waals surface area contributed by atoms with Gasteiger partial charge in [0, 0.05) is 26.3 Å². The number of rotatable bonds is 2. The summed E-state index contributed by atoms with van der Waals surface area (Å²) in [5, 5.41) is 0. The van der Waals surface area contributed by atoms with Crippen LogP contribution in [0.4, 0.5) is 0 Å². The number of thiocarbonyl (C=S) groups is 1. The molecule has 1 fully saturated rings. The van der Waals surface area contributed by atoms with Crippen molar-refractivity contribution in [2.24, 2.45) is 11.1 Å². The number of carbonyl (C=O) groups is 1. The Morgan fingerprint density at radius 3 is 2.25 bits per heavy atom. The fourth-order valence-electron chi connectivity index (χ4n) is 3.06. The van der Waals surface area contributed by atoms with Crippen molar-refractivity contribution in [2.75, 3.05) is 13.2 Å². The quantitative estimate of drug-likeness (QED) is 0.841. The average Bonchev–Trinajstić information content (AvgIpc) is 2.90. The summed E-state index contributed by atoms with van der Waals surface area (Å²) in [6.45, 7) is 2.40. The largest absolute Gasteiger partial charge is 0.392 e. The molecule has 5 heteroatoms. The van der Waals surface area contributed by atoms with Crippen LogP contribution in [0.25, 0.3) is 0 Å². The number of carbonyl (C=O) groups excluding carboxylic acids is 1. The van der Waals surface area contributed by atoms with E-state index in [9.17, 15) is 4.79 Å². The SMILES string of the molecule is NC(=S)C1(C(=O)N2Cc3ccccc3C2)CCOCC1. The van der Waals surface area contributed by atoms with Crippen LogP contribution in [0.15, 0.2) is 24.3 Å². The molecule has 3 rings (SSSR count). The summed E-state index contributed by atoms with van der Waals surface area (Å²) in [5.41, 5.74) is 7.62. The molecule has 1 amide bonds. The molecule has 0 radical (unpaired) electrons. The van der Waals surface area contributed by atoms with E-state index in [1.165, 1.54) is 11.1 Å². The van der Waals surface area contributed by atoms with Crippen LogP contribution >= 0.6 is 12.2 Å². The Kier molecular flexibility index (Phi) is 3.48. The molecule has 20 heavy (non-hydrogen) atoms. The summed E-state index contributed by atoms with van der Waals surface area (Å²) in [5.74, 6) is 0.0597. The van der Waals surface area contributed by atoms with Gasteiger partial charge in [0.15, 0.2) is 0 Å². The second-order valence-corrected chi connectivity index (χ2v) is 5.93. The highest BCUT2D eigenvalue weighted by molar-refractivity contribution is 7.80. The first-order valence-electron chi connectivity index (χ1n) is 6.87. The van der Waals surface area contributed by atoms with Gasteiger partial charge in [-0.05, 0) is 24.0 Å². The Hall–Kier alpha value is -1.46. The summed E-state index contributed by atoms with van der Waals surface area (Å²) in [7, 11) is 0. The first kappa shape index (κ1) is 13.5. The van der Waals surface area contributed by atoms with E-state index < -0.39 is 5.41 Å². The van der Waals surface area contributed by atoms with Crippen LogP contribution in [0.1, 0.15) is 24.0 Å². The van der Waals surface area contributed by atoms with Gasteiger partial charge in [0.05, 0.1) is 4.99 Å². The molecule has 0 atom stereocenters. The van der Waals surface area contributed by atoms with Crippen molar-refractivity contribution >= 4 is 23.1 Å². The fraction of sp³-hybridized carbons (Fsp3) is 0.467. The standard InChI is InChI=1S/C15H18N2O2S/c16-13(20)15(5-7-19-8-6-15)14(18)17-9-11-3-1-2-4-12(11)10-17/h1-4H,5-10H2,(H2,16,20). The molecule has 2 aliphatic heterocycles. The molecule has 0 unspecified atom stereocenters. The summed E-state index contributed by atoms with van der Waals surface area (Å²) in [4.78, 5) is 15.1. The van der Waals surface area contributed by atoms with E-state index >= 15 is 0 Å². The van der Waals surface area contributed by atoms with Gasteiger partial charge in [0.1, 0.15) is 5.41 Å². The lowest BCUT2D eigenvalue weighted by molar-refractivity contribution is -0.143. The summed E-state index contributed by atoms with van der Waals surface area (Å²) in [6, 6.07) is 8.15. The Labute approximate surface area is 123 Å². The smallest absolute Gasteiger partial charge is 0.236 e. The van der Waals surface area contributed by atoms with Crippen LogP contribution in [0.5, 0.6) is 0 Å². The predicted octanol–water partition coefficient (Wildman–Crippen LogP) is 1.61. The minimum absolute atomic E-state index is 0.0597. The molecule has 0 aliphatic carbocycles. The van der Waals surface area contributed by atoms with Gasteiger partial charge >= 0.3 is 0 Å². The third-order valence-electron chi connectivity index (χ3n) is 4.36. The van der Waals surface area contributed by atoms with Crippen molar-refractivity contribution in [1.29, 1.82) is 0 Å². The van der Waals surface area contributed by atoms with Crippen LogP contribution in [0.3, 0.4) is 0 Å². The van der Waals surface area contributed by atoms with Crippen molar-refractivity contribution < 1.29 is 9.53 Å².